The molecule has 12 heavy (non-hydrogen) atoms. The second-order valence-corrected chi connectivity index (χ2v) is 3.48. The van der Waals surface area contributed by atoms with Crippen LogP contribution in [-0.2, 0) is 4.74 Å². The zero-order chi connectivity index (χ0) is 9.03. The standard InChI is InChI=1S/C10H17FO/c1-3-7-10(12-2)8-5-4-6-9(10)11/h3,9H,1,4-8H2,2H3/t9-,10+/m0/s1. The predicted molar refractivity (Wildman–Crippen MR) is 47.9 cm³/mol. The van der Waals surface area contributed by atoms with Crippen molar-refractivity contribution in [3.8, 4) is 0 Å². The Morgan fingerprint density at radius 3 is 2.92 bits per heavy atom. The van der Waals surface area contributed by atoms with Crippen LogP contribution >= 0.6 is 0 Å². The van der Waals surface area contributed by atoms with Gasteiger partial charge in [-0.1, -0.05) is 18.9 Å². The van der Waals surface area contributed by atoms with Crippen LogP contribution in [0.1, 0.15) is 32.1 Å². The van der Waals surface area contributed by atoms with E-state index in [1.165, 1.54) is 0 Å². The van der Waals surface area contributed by atoms with Crippen LogP contribution in [0.25, 0.3) is 0 Å². The molecule has 0 saturated heterocycles. The van der Waals surface area contributed by atoms with Crippen LogP contribution in [0.4, 0.5) is 4.39 Å². The van der Waals surface area contributed by atoms with Crippen molar-refractivity contribution in [2.24, 2.45) is 0 Å². The van der Waals surface area contributed by atoms with Crippen molar-refractivity contribution in [1.82, 2.24) is 0 Å². The van der Waals surface area contributed by atoms with Gasteiger partial charge >= 0.3 is 0 Å². The molecule has 1 rings (SSSR count). The van der Waals surface area contributed by atoms with E-state index in [1.54, 1.807) is 13.2 Å². The minimum Gasteiger partial charge on any atom is -0.375 e. The fourth-order valence-corrected chi connectivity index (χ4v) is 1.95. The molecule has 2 heteroatoms. The molecular weight excluding hydrogens is 155 g/mol. The van der Waals surface area contributed by atoms with Gasteiger partial charge in [-0.05, 0) is 19.3 Å². The van der Waals surface area contributed by atoms with Crippen molar-refractivity contribution < 1.29 is 9.13 Å². The van der Waals surface area contributed by atoms with Crippen LogP contribution in [0.3, 0.4) is 0 Å². The molecule has 70 valence electrons. The molecule has 0 aliphatic heterocycles. The van der Waals surface area contributed by atoms with Gasteiger partial charge in [0.1, 0.15) is 11.8 Å². The Morgan fingerprint density at radius 1 is 1.67 bits per heavy atom. The zero-order valence-electron chi connectivity index (χ0n) is 7.68. The van der Waals surface area contributed by atoms with Gasteiger partial charge in [-0.3, -0.25) is 0 Å². The Morgan fingerprint density at radius 2 is 2.42 bits per heavy atom. The normalized spacial score (nSPS) is 36.3. The molecule has 0 bridgehead atoms. The fourth-order valence-electron chi connectivity index (χ4n) is 1.95. The molecule has 1 aliphatic rings. The molecule has 1 fully saturated rings. The topological polar surface area (TPSA) is 9.23 Å². The van der Waals surface area contributed by atoms with Crippen molar-refractivity contribution in [3.63, 3.8) is 0 Å². The summed E-state index contributed by atoms with van der Waals surface area (Å²) >= 11 is 0. The minimum absolute atomic E-state index is 0.556. The first kappa shape index (κ1) is 9.72. The molecule has 0 radical (unpaired) electrons. The van der Waals surface area contributed by atoms with Crippen molar-refractivity contribution in [3.05, 3.63) is 12.7 Å². The van der Waals surface area contributed by atoms with E-state index in [9.17, 15) is 4.39 Å². The van der Waals surface area contributed by atoms with E-state index < -0.39 is 11.8 Å². The molecule has 0 N–H and O–H groups in total. The van der Waals surface area contributed by atoms with Crippen molar-refractivity contribution in [1.29, 1.82) is 0 Å². The lowest BCUT2D eigenvalue weighted by Crippen LogP contribution is -2.43. The van der Waals surface area contributed by atoms with Crippen LogP contribution in [0, 0.1) is 0 Å². The Hall–Kier alpha value is -0.370. The molecule has 1 saturated carbocycles. The SMILES string of the molecule is C=CC[C@@]1(OC)CCCC[C@@H]1F. The van der Waals surface area contributed by atoms with Gasteiger partial charge < -0.3 is 4.74 Å². The van der Waals surface area contributed by atoms with E-state index in [0.29, 0.717) is 12.8 Å². The van der Waals surface area contributed by atoms with Gasteiger partial charge in [-0.25, -0.2) is 4.39 Å². The highest BCUT2D eigenvalue weighted by Gasteiger charge is 2.40. The summed E-state index contributed by atoms with van der Waals surface area (Å²) in [5.41, 5.74) is -0.556. The summed E-state index contributed by atoms with van der Waals surface area (Å²) in [6.07, 6.45) is 5.10. The van der Waals surface area contributed by atoms with Crippen LogP contribution in [0.15, 0.2) is 12.7 Å². The summed E-state index contributed by atoms with van der Waals surface area (Å²) in [5, 5.41) is 0. The first-order chi connectivity index (χ1) is 5.75. The number of ether oxygens (including phenoxy) is 1. The molecule has 0 heterocycles. The Bertz CT molecular complexity index is 158. The maximum absolute atomic E-state index is 13.5. The molecule has 0 aromatic carbocycles. The van der Waals surface area contributed by atoms with Crippen molar-refractivity contribution in [2.45, 2.75) is 43.9 Å². The highest BCUT2D eigenvalue weighted by atomic mass is 19.1. The number of hydrogen-bond donors (Lipinski definition) is 0. The largest absolute Gasteiger partial charge is 0.375 e. The summed E-state index contributed by atoms with van der Waals surface area (Å²) in [5.74, 6) is 0. The lowest BCUT2D eigenvalue weighted by Gasteiger charge is -2.38. The molecule has 1 aliphatic carbocycles. The lowest BCUT2D eigenvalue weighted by atomic mass is 9.80. The van der Waals surface area contributed by atoms with Gasteiger partial charge in [-0.15, -0.1) is 6.58 Å². The average Bonchev–Trinajstić information content (AvgIpc) is 2.10. The zero-order valence-corrected chi connectivity index (χ0v) is 7.68. The second-order valence-electron chi connectivity index (χ2n) is 3.48. The molecular formula is C10H17FO. The van der Waals surface area contributed by atoms with Crippen molar-refractivity contribution in [2.75, 3.05) is 7.11 Å². The molecule has 0 aromatic rings. The summed E-state index contributed by atoms with van der Waals surface area (Å²) < 4.78 is 18.8. The van der Waals surface area contributed by atoms with E-state index in [4.69, 9.17) is 4.74 Å². The maximum atomic E-state index is 13.5. The van der Waals surface area contributed by atoms with E-state index in [1.807, 2.05) is 0 Å². The van der Waals surface area contributed by atoms with Crippen LogP contribution in [-0.4, -0.2) is 18.9 Å². The van der Waals surface area contributed by atoms with E-state index >= 15 is 0 Å². The third-order valence-corrected chi connectivity index (χ3v) is 2.77. The number of alkyl halides is 1. The molecule has 0 aromatic heterocycles. The Balaban J connectivity index is 2.65. The van der Waals surface area contributed by atoms with Crippen LogP contribution < -0.4 is 0 Å². The Kier molecular flexibility index (Phi) is 3.27. The van der Waals surface area contributed by atoms with E-state index in [0.717, 1.165) is 19.3 Å². The first-order valence-electron chi connectivity index (χ1n) is 4.55. The third kappa shape index (κ3) is 1.69. The molecule has 0 unspecified atom stereocenters. The van der Waals surface area contributed by atoms with Gasteiger partial charge in [0.05, 0.1) is 0 Å². The van der Waals surface area contributed by atoms with Crippen LogP contribution in [0.5, 0.6) is 0 Å². The summed E-state index contributed by atoms with van der Waals surface area (Å²) in [6, 6.07) is 0. The fraction of sp³-hybridized carbons (Fsp3) is 0.800. The summed E-state index contributed by atoms with van der Waals surface area (Å²) in [4.78, 5) is 0. The van der Waals surface area contributed by atoms with Crippen molar-refractivity contribution >= 4 is 0 Å². The smallest absolute Gasteiger partial charge is 0.129 e. The predicted octanol–water partition coefficient (Wildman–Crippen LogP) is 2.86. The van der Waals surface area contributed by atoms with E-state index in [2.05, 4.69) is 6.58 Å². The highest BCUT2D eigenvalue weighted by molar-refractivity contribution is 4.96. The maximum Gasteiger partial charge on any atom is 0.129 e. The summed E-state index contributed by atoms with van der Waals surface area (Å²) in [7, 11) is 1.60. The van der Waals surface area contributed by atoms with Gasteiger partial charge in [-0.2, -0.15) is 0 Å². The molecule has 1 nitrogen and oxygen atoms in total. The van der Waals surface area contributed by atoms with E-state index in [-0.39, 0.29) is 0 Å². The second kappa shape index (κ2) is 4.04. The van der Waals surface area contributed by atoms with Gasteiger partial charge in [0.2, 0.25) is 0 Å². The number of rotatable bonds is 3. The molecule has 0 amide bonds. The van der Waals surface area contributed by atoms with Gasteiger partial charge in [0.25, 0.3) is 0 Å². The van der Waals surface area contributed by atoms with Gasteiger partial charge in [0, 0.05) is 7.11 Å². The molecule has 0 spiro atoms. The number of hydrogen-bond acceptors (Lipinski definition) is 1. The third-order valence-electron chi connectivity index (χ3n) is 2.77. The highest BCUT2D eigenvalue weighted by Crippen LogP contribution is 2.36. The lowest BCUT2D eigenvalue weighted by molar-refractivity contribution is -0.0912. The van der Waals surface area contributed by atoms with Gasteiger partial charge in [0.15, 0.2) is 0 Å². The average molecular weight is 172 g/mol. The first-order valence-corrected chi connectivity index (χ1v) is 4.55. The number of methoxy groups -OCH3 is 1. The molecule has 2 atom stereocenters. The monoisotopic (exact) mass is 172 g/mol. The quantitative estimate of drug-likeness (QED) is 0.595. The Labute approximate surface area is 73.6 Å². The van der Waals surface area contributed by atoms with Crippen LogP contribution in [0.2, 0.25) is 0 Å². The minimum atomic E-state index is -0.811. The number of halogens is 1. The summed E-state index contributed by atoms with van der Waals surface area (Å²) in [6.45, 7) is 3.64.